The maximum absolute atomic E-state index is 11.2. The number of carbonyl (C=O) groups is 1. The van der Waals surface area contributed by atoms with Crippen LogP contribution in [0.5, 0.6) is 0 Å². The third kappa shape index (κ3) is 8.34. The van der Waals surface area contributed by atoms with Crippen LogP contribution in [0.3, 0.4) is 0 Å². The van der Waals surface area contributed by atoms with Crippen LogP contribution in [0.4, 0.5) is 0 Å². The van der Waals surface area contributed by atoms with Gasteiger partial charge < -0.3 is 9.84 Å². The Morgan fingerprint density at radius 2 is 2.13 bits per heavy atom. The Kier molecular flexibility index (Phi) is 6.46. The molecular weight excluding hydrogens is 222 g/mol. The van der Waals surface area contributed by atoms with Crippen LogP contribution in [-0.2, 0) is 19.6 Å². The Morgan fingerprint density at radius 1 is 1.53 bits per heavy atom. The molecule has 90 valence electrons. The zero-order chi connectivity index (χ0) is 11.9. The standard InChI is InChI=1S/C8H17NO5S/c1-3-14-8(11)6-15(12,13)9-5-4-7(2)10/h7,9-10H,3-6H2,1-2H3. The number of carbonyl (C=O) groups excluding carboxylic acids is 1. The Bertz CT molecular complexity index is 285. The lowest BCUT2D eigenvalue weighted by Crippen LogP contribution is -2.32. The molecule has 0 aromatic heterocycles. The van der Waals surface area contributed by atoms with Gasteiger partial charge in [0.25, 0.3) is 0 Å². The Morgan fingerprint density at radius 3 is 2.60 bits per heavy atom. The maximum Gasteiger partial charge on any atom is 0.322 e. The Labute approximate surface area is 89.7 Å². The largest absolute Gasteiger partial charge is 0.465 e. The van der Waals surface area contributed by atoms with E-state index in [1.54, 1.807) is 13.8 Å². The number of ether oxygens (including phenoxy) is 1. The van der Waals surface area contributed by atoms with Crippen molar-refractivity contribution >= 4 is 16.0 Å². The van der Waals surface area contributed by atoms with Gasteiger partial charge in [0.05, 0.1) is 12.7 Å². The maximum atomic E-state index is 11.2. The molecule has 15 heavy (non-hydrogen) atoms. The molecule has 1 atom stereocenters. The molecule has 0 aliphatic rings. The molecule has 0 fully saturated rings. The number of nitrogens with one attached hydrogen (secondary N) is 1. The number of sulfonamides is 1. The summed E-state index contributed by atoms with van der Waals surface area (Å²) in [6.45, 7) is 3.42. The number of esters is 1. The van der Waals surface area contributed by atoms with Gasteiger partial charge in [-0.05, 0) is 20.3 Å². The summed E-state index contributed by atoms with van der Waals surface area (Å²) in [6, 6.07) is 0. The first-order valence-corrected chi connectivity index (χ1v) is 6.33. The van der Waals surface area contributed by atoms with Gasteiger partial charge >= 0.3 is 5.97 Å². The summed E-state index contributed by atoms with van der Waals surface area (Å²) in [6.07, 6.45) is -0.266. The van der Waals surface area contributed by atoms with E-state index in [2.05, 4.69) is 9.46 Å². The van der Waals surface area contributed by atoms with E-state index in [0.717, 1.165) is 0 Å². The van der Waals surface area contributed by atoms with Crippen LogP contribution in [0.1, 0.15) is 20.3 Å². The van der Waals surface area contributed by atoms with Crippen LogP contribution >= 0.6 is 0 Å². The average Bonchev–Trinajstić information content (AvgIpc) is 2.01. The first-order valence-electron chi connectivity index (χ1n) is 4.68. The predicted octanol–water partition coefficient (Wildman–Crippen LogP) is -0.760. The van der Waals surface area contributed by atoms with E-state index in [-0.39, 0.29) is 13.2 Å². The fraction of sp³-hybridized carbons (Fsp3) is 0.875. The molecule has 0 aliphatic heterocycles. The highest BCUT2D eigenvalue weighted by Gasteiger charge is 2.16. The first kappa shape index (κ1) is 14.3. The van der Waals surface area contributed by atoms with Gasteiger partial charge in [0.2, 0.25) is 10.0 Å². The van der Waals surface area contributed by atoms with Crippen molar-refractivity contribution in [1.29, 1.82) is 0 Å². The lowest BCUT2D eigenvalue weighted by molar-refractivity contribution is -0.139. The fourth-order valence-corrected chi connectivity index (χ4v) is 1.76. The second-order valence-corrected chi connectivity index (χ2v) is 4.90. The van der Waals surface area contributed by atoms with E-state index in [0.29, 0.717) is 6.42 Å². The van der Waals surface area contributed by atoms with Crippen molar-refractivity contribution < 1.29 is 23.1 Å². The van der Waals surface area contributed by atoms with Crippen LogP contribution in [0.2, 0.25) is 0 Å². The topological polar surface area (TPSA) is 92.7 Å². The van der Waals surface area contributed by atoms with Crippen molar-refractivity contribution in [2.45, 2.75) is 26.4 Å². The Hall–Kier alpha value is -0.660. The smallest absolute Gasteiger partial charge is 0.322 e. The summed E-state index contributed by atoms with van der Waals surface area (Å²) in [5, 5.41) is 8.89. The first-order chi connectivity index (χ1) is 6.87. The van der Waals surface area contributed by atoms with Crippen molar-refractivity contribution in [2.75, 3.05) is 18.9 Å². The zero-order valence-electron chi connectivity index (χ0n) is 8.89. The number of hydrogen-bond acceptors (Lipinski definition) is 5. The number of aliphatic hydroxyl groups excluding tert-OH is 1. The molecule has 0 saturated heterocycles. The fourth-order valence-electron chi connectivity index (χ4n) is 0.832. The normalized spacial score (nSPS) is 13.5. The van der Waals surface area contributed by atoms with Gasteiger partial charge in [-0.25, -0.2) is 13.1 Å². The molecular formula is C8H17NO5S. The zero-order valence-corrected chi connectivity index (χ0v) is 9.71. The third-order valence-corrected chi connectivity index (χ3v) is 2.76. The van der Waals surface area contributed by atoms with Gasteiger partial charge in [0.15, 0.2) is 5.75 Å². The van der Waals surface area contributed by atoms with Gasteiger partial charge in [-0.3, -0.25) is 4.79 Å². The molecule has 7 heteroatoms. The number of hydrogen-bond donors (Lipinski definition) is 2. The summed E-state index contributed by atoms with van der Waals surface area (Å²) in [5.74, 6) is -1.46. The van der Waals surface area contributed by atoms with Gasteiger partial charge in [-0.15, -0.1) is 0 Å². The summed E-state index contributed by atoms with van der Waals surface area (Å²) in [7, 11) is -3.63. The van der Waals surface area contributed by atoms with E-state index >= 15 is 0 Å². The lowest BCUT2D eigenvalue weighted by Gasteiger charge is -2.07. The van der Waals surface area contributed by atoms with Crippen LogP contribution in [0, 0.1) is 0 Å². The molecule has 0 saturated carbocycles. The molecule has 0 amide bonds. The molecule has 0 aromatic rings. The minimum absolute atomic E-state index is 0.111. The van der Waals surface area contributed by atoms with E-state index in [4.69, 9.17) is 5.11 Å². The Balaban J connectivity index is 3.92. The second-order valence-electron chi connectivity index (χ2n) is 3.10. The van der Waals surface area contributed by atoms with Crippen LogP contribution in [0.25, 0.3) is 0 Å². The summed E-state index contributed by atoms with van der Waals surface area (Å²) >= 11 is 0. The lowest BCUT2D eigenvalue weighted by atomic mass is 10.3. The molecule has 0 aromatic carbocycles. The molecule has 0 radical (unpaired) electrons. The van der Waals surface area contributed by atoms with Crippen LogP contribution in [-0.4, -0.2) is 44.5 Å². The van der Waals surface area contributed by atoms with Gasteiger partial charge in [0.1, 0.15) is 0 Å². The third-order valence-electron chi connectivity index (χ3n) is 1.50. The van der Waals surface area contributed by atoms with E-state index in [1.165, 1.54) is 0 Å². The summed E-state index contributed by atoms with van der Waals surface area (Å²) < 4.78 is 29.1. The minimum atomic E-state index is -3.63. The van der Waals surface area contributed by atoms with Crippen molar-refractivity contribution in [3.05, 3.63) is 0 Å². The quantitative estimate of drug-likeness (QED) is 0.570. The van der Waals surface area contributed by atoms with Gasteiger partial charge in [0, 0.05) is 6.54 Å². The van der Waals surface area contributed by atoms with Crippen molar-refractivity contribution in [2.24, 2.45) is 0 Å². The van der Waals surface area contributed by atoms with Crippen LogP contribution < -0.4 is 4.72 Å². The molecule has 0 rings (SSSR count). The van der Waals surface area contributed by atoms with Crippen molar-refractivity contribution in [3.63, 3.8) is 0 Å². The second kappa shape index (κ2) is 6.76. The minimum Gasteiger partial charge on any atom is -0.465 e. The monoisotopic (exact) mass is 239 g/mol. The van der Waals surface area contributed by atoms with Crippen molar-refractivity contribution in [1.82, 2.24) is 4.72 Å². The molecule has 1 unspecified atom stereocenters. The molecule has 0 spiro atoms. The summed E-state index contributed by atoms with van der Waals surface area (Å²) in [4.78, 5) is 10.9. The highest BCUT2D eigenvalue weighted by atomic mass is 32.2. The predicted molar refractivity (Wildman–Crippen MR) is 54.7 cm³/mol. The molecule has 0 heterocycles. The molecule has 0 aliphatic carbocycles. The van der Waals surface area contributed by atoms with Gasteiger partial charge in [-0.2, -0.15) is 0 Å². The number of aliphatic hydroxyl groups is 1. The molecule has 6 nitrogen and oxygen atoms in total. The molecule has 0 bridgehead atoms. The molecule has 2 N–H and O–H groups in total. The average molecular weight is 239 g/mol. The van der Waals surface area contributed by atoms with Gasteiger partial charge in [-0.1, -0.05) is 0 Å². The van der Waals surface area contributed by atoms with E-state index in [9.17, 15) is 13.2 Å². The van der Waals surface area contributed by atoms with Crippen LogP contribution in [0.15, 0.2) is 0 Å². The van der Waals surface area contributed by atoms with Crippen molar-refractivity contribution in [3.8, 4) is 0 Å². The van der Waals surface area contributed by atoms with E-state index < -0.39 is 27.8 Å². The SMILES string of the molecule is CCOC(=O)CS(=O)(=O)NCCC(C)O. The summed E-state index contributed by atoms with van der Waals surface area (Å²) in [5.41, 5.74) is 0. The highest BCUT2D eigenvalue weighted by Crippen LogP contribution is 1.91. The van der Waals surface area contributed by atoms with E-state index in [1.807, 2.05) is 0 Å². The highest BCUT2D eigenvalue weighted by molar-refractivity contribution is 7.90. The number of rotatable bonds is 7.